The maximum Gasteiger partial charge on any atom is 0.227 e. The first-order valence-electron chi connectivity index (χ1n) is 6.72. The van der Waals surface area contributed by atoms with Gasteiger partial charge in [0.25, 0.3) is 0 Å². The van der Waals surface area contributed by atoms with Crippen LogP contribution in [0.3, 0.4) is 0 Å². The summed E-state index contributed by atoms with van der Waals surface area (Å²) in [5.41, 5.74) is 0.902. The van der Waals surface area contributed by atoms with Crippen molar-refractivity contribution in [1.29, 1.82) is 0 Å². The molecule has 0 aromatic heterocycles. The highest BCUT2D eigenvalue weighted by Gasteiger charge is 2.21. The lowest BCUT2D eigenvalue weighted by Crippen LogP contribution is -2.41. The van der Waals surface area contributed by atoms with Crippen molar-refractivity contribution in [3.8, 4) is 0 Å². The van der Waals surface area contributed by atoms with Crippen molar-refractivity contribution >= 4 is 33.4 Å². The second-order valence-electron chi connectivity index (χ2n) is 4.51. The Hall–Kier alpha value is -0.540. The number of hydrogen-bond donors (Lipinski definition) is 0. The molecule has 106 valence electrons. The molecule has 4 heteroatoms. The first kappa shape index (κ1) is 16.5. The second-order valence-corrected chi connectivity index (χ2v) is 5.71. The average molecular weight is 347 g/mol. The molecule has 1 aromatic rings. The molecule has 19 heavy (non-hydrogen) atoms. The van der Waals surface area contributed by atoms with Gasteiger partial charge in [-0.15, -0.1) is 0 Å². The SMILES string of the molecule is CCC(CC)N(CCBr)C(=O)Cc1ccccc1Cl. The van der Waals surface area contributed by atoms with Crippen LogP contribution in [0.4, 0.5) is 0 Å². The van der Waals surface area contributed by atoms with Crippen molar-refractivity contribution in [3.63, 3.8) is 0 Å². The van der Waals surface area contributed by atoms with Crippen molar-refractivity contribution in [3.05, 3.63) is 34.9 Å². The van der Waals surface area contributed by atoms with E-state index in [9.17, 15) is 4.79 Å². The van der Waals surface area contributed by atoms with Gasteiger partial charge >= 0.3 is 0 Å². The zero-order chi connectivity index (χ0) is 14.3. The minimum atomic E-state index is 0.154. The highest BCUT2D eigenvalue weighted by atomic mass is 79.9. The molecule has 0 unspecified atom stereocenters. The molecular weight excluding hydrogens is 326 g/mol. The van der Waals surface area contributed by atoms with Gasteiger partial charge in [0.2, 0.25) is 5.91 Å². The predicted molar refractivity (Wildman–Crippen MR) is 85.0 cm³/mol. The number of carbonyl (C=O) groups excluding carboxylic acids is 1. The van der Waals surface area contributed by atoms with Gasteiger partial charge in [-0.1, -0.05) is 59.6 Å². The van der Waals surface area contributed by atoms with Crippen LogP contribution in [0.1, 0.15) is 32.3 Å². The van der Waals surface area contributed by atoms with Crippen LogP contribution in [-0.2, 0) is 11.2 Å². The van der Waals surface area contributed by atoms with Gasteiger partial charge in [0.05, 0.1) is 6.42 Å². The summed E-state index contributed by atoms with van der Waals surface area (Å²) in [4.78, 5) is 14.4. The summed E-state index contributed by atoms with van der Waals surface area (Å²) in [6.07, 6.45) is 2.35. The van der Waals surface area contributed by atoms with E-state index in [4.69, 9.17) is 11.6 Å². The standard InChI is InChI=1S/C15H21BrClNO/c1-3-13(4-2)18(10-9-16)15(19)11-12-7-5-6-8-14(12)17/h5-8,13H,3-4,9-11H2,1-2H3. The fraction of sp³-hybridized carbons (Fsp3) is 0.533. The van der Waals surface area contributed by atoms with Gasteiger partial charge in [-0.05, 0) is 24.5 Å². The van der Waals surface area contributed by atoms with Crippen LogP contribution < -0.4 is 0 Å². The van der Waals surface area contributed by atoms with Crippen LogP contribution in [0, 0.1) is 0 Å². The van der Waals surface area contributed by atoms with Crippen molar-refractivity contribution < 1.29 is 4.79 Å². The summed E-state index contributed by atoms with van der Waals surface area (Å²) >= 11 is 9.54. The van der Waals surface area contributed by atoms with Gasteiger partial charge in [0.15, 0.2) is 0 Å². The van der Waals surface area contributed by atoms with E-state index in [-0.39, 0.29) is 5.91 Å². The molecule has 2 nitrogen and oxygen atoms in total. The Labute approximate surface area is 129 Å². The molecule has 1 amide bonds. The Balaban J connectivity index is 2.80. The Kier molecular flexibility index (Phi) is 7.47. The van der Waals surface area contributed by atoms with Gasteiger partial charge in [0.1, 0.15) is 0 Å². The highest BCUT2D eigenvalue weighted by Crippen LogP contribution is 2.18. The molecule has 1 rings (SSSR count). The van der Waals surface area contributed by atoms with E-state index in [1.54, 1.807) is 0 Å². The van der Waals surface area contributed by atoms with E-state index in [1.165, 1.54) is 0 Å². The lowest BCUT2D eigenvalue weighted by molar-refractivity contribution is -0.132. The first-order valence-corrected chi connectivity index (χ1v) is 8.22. The number of hydrogen-bond acceptors (Lipinski definition) is 1. The van der Waals surface area contributed by atoms with Gasteiger partial charge < -0.3 is 4.90 Å². The largest absolute Gasteiger partial charge is 0.339 e. The summed E-state index contributed by atoms with van der Waals surface area (Å²) in [6, 6.07) is 7.86. The van der Waals surface area contributed by atoms with E-state index >= 15 is 0 Å². The molecule has 0 aliphatic carbocycles. The molecule has 0 saturated carbocycles. The van der Waals surface area contributed by atoms with Crippen molar-refractivity contribution in [1.82, 2.24) is 4.90 Å². The number of carbonyl (C=O) groups is 1. The predicted octanol–water partition coefficient (Wildman–Crippen LogP) is 4.29. The number of amides is 1. The normalized spacial score (nSPS) is 10.8. The molecule has 0 heterocycles. The maximum atomic E-state index is 12.5. The molecule has 0 saturated heterocycles. The number of benzene rings is 1. The van der Waals surface area contributed by atoms with Crippen LogP contribution in [0.25, 0.3) is 0 Å². The first-order chi connectivity index (χ1) is 9.13. The minimum absolute atomic E-state index is 0.154. The topological polar surface area (TPSA) is 20.3 Å². The zero-order valence-electron chi connectivity index (χ0n) is 11.5. The van der Waals surface area contributed by atoms with E-state index < -0.39 is 0 Å². The lowest BCUT2D eigenvalue weighted by Gasteiger charge is -2.30. The monoisotopic (exact) mass is 345 g/mol. The Morgan fingerprint density at radius 3 is 2.47 bits per heavy atom. The summed E-state index contributed by atoms with van der Waals surface area (Å²) < 4.78 is 0. The third kappa shape index (κ3) is 4.81. The maximum absolute atomic E-state index is 12.5. The molecule has 0 atom stereocenters. The van der Waals surface area contributed by atoms with Crippen molar-refractivity contribution in [2.75, 3.05) is 11.9 Å². The molecule has 0 N–H and O–H groups in total. The molecule has 0 spiro atoms. The number of nitrogens with zero attached hydrogens (tertiary/aromatic N) is 1. The van der Waals surface area contributed by atoms with Crippen LogP contribution >= 0.6 is 27.5 Å². The van der Waals surface area contributed by atoms with Crippen LogP contribution in [0.5, 0.6) is 0 Å². The summed E-state index contributed by atoms with van der Waals surface area (Å²) in [7, 11) is 0. The van der Waals surface area contributed by atoms with Crippen molar-refractivity contribution in [2.45, 2.75) is 39.2 Å². The van der Waals surface area contributed by atoms with Gasteiger partial charge in [-0.25, -0.2) is 0 Å². The number of rotatable bonds is 7. The van der Waals surface area contributed by atoms with Crippen LogP contribution in [-0.4, -0.2) is 28.7 Å². The molecule has 0 radical (unpaired) electrons. The molecule has 0 fully saturated rings. The summed E-state index contributed by atoms with van der Waals surface area (Å²) in [5, 5.41) is 1.47. The summed E-state index contributed by atoms with van der Waals surface area (Å²) in [6.45, 7) is 4.99. The molecule has 0 aliphatic heterocycles. The van der Waals surface area contributed by atoms with E-state index in [0.717, 1.165) is 30.3 Å². The average Bonchev–Trinajstić information content (AvgIpc) is 2.41. The molecular formula is C15H21BrClNO. The van der Waals surface area contributed by atoms with E-state index in [0.29, 0.717) is 17.5 Å². The minimum Gasteiger partial charge on any atom is -0.339 e. The Bertz CT molecular complexity index is 407. The van der Waals surface area contributed by atoms with Crippen LogP contribution in [0.2, 0.25) is 5.02 Å². The fourth-order valence-electron chi connectivity index (χ4n) is 2.24. The highest BCUT2D eigenvalue weighted by molar-refractivity contribution is 9.09. The quantitative estimate of drug-likeness (QED) is 0.674. The Morgan fingerprint density at radius 2 is 1.95 bits per heavy atom. The smallest absolute Gasteiger partial charge is 0.227 e. The van der Waals surface area contributed by atoms with E-state index in [1.807, 2.05) is 29.2 Å². The number of halogens is 2. The third-order valence-electron chi connectivity index (χ3n) is 3.33. The van der Waals surface area contributed by atoms with Crippen molar-refractivity contribution in [2.24, 2.45) is 0 Å². The van der Waals surface area contributed by atoms with Gasteiger partial charge in [-0.3, -0.25) is 4.79 Å². The van der Waals surface area contributed by atoms with Gasteiger partial charge in [-0.2, -0.15) is 0 Å². The second kappa shape index (κ2) is 8.60. The lowest BCUT2D eigenvalue weighted by atomic mass is 10.1. The number of alkyl halides is 1. The molecule has 0 aliphatic rings. The third-order valence-corrected chi connectivity index (χ3v) is 4.05. The summed E-state index contributed by atoms with van der Waals surface area (Å²) in [5.74, 6) is 0.154. The van der Waals surface area contributed by atoms with Crippen LogP contribution in [0.15, 0.2) is 24.3 Å². The zero-order valence-corrected chi connectivity index (χ0v) is 13.9. The molecule has 0 bridgehead atoms. The molecule has 1 aromatic carbocycles. The van der Waals surface area contributed by atoms with E-state index in [2.05, 4.69) is 29.8 Å². The van der Waals surface area contributed by atoms with Gasteiger partial charge in [0, 0.05) is 22.9 Å². The fourth-order valence-corrected chi connectivity index (χ4v) is 2.82. The Morgan fingerprint density at radius 1 is 1.32 bits per heavy atom.